The number of fused-ring (bicyclic) bond motifs is 1. The van der Waals surface area contributed by atoms with Crippen LogP contribution >= 0.6 is 11.8 Å². The van der Waals surface area contributed by atoms with E-state index < -0.39 is 0 Å². The van der Waals surface area contributed by atoms with Crippen LogP contribution in [0.2, 0.25) is 0 Å². The lowest BCUT2D eigenvalue weighted by atomic mass is 10.0. The summed E-state index contributed by atoms with van der Waals surface area (Å²) in [5.41, 5.74) is 2.78. The highest BCUT2D eigenvalue weighted by atomic mass is 32.2. The van der Waals surface area contributed by atoms with E-state index in [-0.39, 0.29) is 5.91 Å². The van der Waals surface area contributed by atoms with Crippen molar-refractivity contribution in [3.05, 3.63) is 47.8 Å². The van der Waals surface area contributed by atoms with Crippen molar-refractivity contribution >= 4 is 23.4 Å². The zero-order valence-electron chi connectivity index (χ0n) is 14.8. The number of ether oxygens (including phenoxy) is 1. The molecule has 3 heterocycles. The van der Waals surface area contributed by atoms with E-state index in [1.165, 1.54) is 17.3 Å². The second-order valence-corrected chi connectivity index (χ2v) is 7.32. The first-order valence-corrected chi connectivity index (χ1v) is 10.1. The second kappa shape index (κ2) is 7.73. The summed E-state index contributed by atoms with van der Waals surface area (Å²) in [6.07, 6.45) is 5.17. The second-order valence-electron chi connectivity index (χ2n) is 6.54. The Hall–Kier alpha value is -1.96. The molecule has 1 fully saturated rings. The number of hydrogen-bond donors (Lipinski definition) is 0. The average molecular weight is 370 g/mol. The molecular formula is C19H22N4O2S. The highest BCUT2D eigenvalue weighted by Gasteiger charge is 2.34. The first kappa shape index (κ1) is 17.5. The van der Waals surface area contributed by atoms with Crippen molar-refractivity contribution in [2.75, 3.05) is 50.5 Å². The molecule has 136 valence electrons. The summed E-state index contributed by atoms with van der Waals surface area (Å²) in [5, 5.41) is 0.675. The molecule has 0 aliphatic carbocycles. The van der Waals surface area contributed by atoms with Crippen LogP contribution in [0.1, 0.15) is 21.8 Å². The Labute approximate surface area is 157 Å². The van der Waals surface area contributed by atoms with E-state index in [2.05, 4.69) is 27.0 Å². The van der Waals surface area contributed by atoms with Crippen LogP contribution in [-0.2, 0) is 4.74 Å². The molecular weight excluding hydrogens is 348 g/mol. The highest BCUT2D eigenvalue weighted by Crippen LogP contribution is 2.37. The van der Waals surface area contributed by atoms with Crippen LogP contribution < -0.4 is 4.90 Å². The first-order valence-electron chi connectivity index (χ1n) is 8.83. The average Bonchev–Trinajstić information content (AvgIpc) is 3.07. The van der Waals surface area contributed by atoms with Crippen LogP contribution in [0.25, 0.3) is 0 Å². The van der Waals surface area contributed by atoms with Crippen molar-refractivity contribution in [3.8, 4) is 0 Å². The number of benzene rings is 1. The topological polar surface area (TPSA) is 58.6 Å². The van der Waals surface area contributed by atoms with Gasteiger partial charge in [0.1, 0.15) is 0 Å². The van der Waals surface area contributed by atoms with E-state index >= 15 is 0 Å². The molecule has 7 heteroatoms. The van der Waals surface area contributed by atoms with Crippen LogP contribution in [0, 0.1) is 0 Å². The lowest BCUT2D eigenvalue weighted by Gasteiger charge is -2.29. The predicted octanol–water partition coefficient (Wildman–Crippen LogP) is 2.27. The number of carbonyl (C=O) groups is 1. The Morgan fingerprint density at radius 3 is 2.69 bits per heavy atom. The molecule has 2 aliphatic rings. The van der Waals surface area contributed by atoms with Gasteiger partial charge in [0, 0.05) is 50.2 Å². The molecule has 1 atom stereocenters. The highest BCUT2D eigenvalue weighted by molar-refractivity contribution is 7.98. The number of hydrogen-bond acceptors (Lipinski definition) is 6. The summed E-state index contributed by atoms with van der Waals surface area (Å²) in [6, 6.07) is 8.21. The first-order chi connectivity index (χ1) is 12.8. The van der Waals surface area contributed by atoms with Gasteiger partial charge in [0.15, 0.2) is 5.16 Å². The number of carbonyl (C=O) groups excluding carboxylic acids is 1. The molecule has 1 amide bonds. The van der Waals surface area contributed by atoms with Gasteiger partial charge < -0.3 is 9.64 Å². The van der Waals surface area contributed by atoms with Gasteiger partial charge in [-0.05, 0) is 17.9 Å². The van der Waals surface area contributed by atoms with Crippen LogP contribution in [0.3, 0.4) is 0 Å². The van der Waals surface area contributed by atoms with E-state index in [4.69, 9.17) is 4.74 Å². The smallest absolute Gasteiger partial charge is 0.261 e. The van der Waals surface area contributed by atoms with Crippen molar-refractivity contribution < 1.29 is 9.53 Å². The minimum atomic E-state index is -0.0328. The Kier molecular flexibility index (Phi) is 5.19. The molecule has 4 rings (SSSR count). The number of para-hydroxylation sites is 1. The number of nitrogens with zero attached hydrogens (tertiary/aromatic N) is 4. The fraction of sp³-hybridized carbons (Fsp3) is 0.421. The SMILES string of the molecule is CSc1ncc(C(=O)N2C[C@@H](CN3CCOCC3)c3ccccc32)cn1. The summed E-state index contributed by atoms with van der Waals surface area (Å²) < 4.78 is 5.45. The number of anilines is 1. The molecule has 0 unspecified atom stereocenters. The van der Waals surface area contributed by atoms with E-state index in [1.807, 2.05) is 23.3 Å². The van der Waals surface area contributed by atoms with Crippen LogP contribution in [0.5, 0.6) is 0 Å². The molecule has 2 aliphatic heterocycles. The van der Waals surface area contributed by atoms with Gasteiger partial charge in [-0.3, -0.25) is 9.69 Å². The maximum absolute atomic E-state index is 13.1. The normalized spacial score (nSPS) is 20.2. The van der Waals surface area contributed by atoms with E-state index in [0.717, 1.165) is 38.5 Å². The van der Waals surface area contributed by atoms with Crippen molar-refractivity contribution in [3.63, 3.8) is 0 Å². The third-order valence-corrected chi connectivity index (χ3v) is 5.53. The standard InChI is InChI=1S/C19H22N4O2S/c1-26-19-20-10-14(11-21-19)18(24)23-13-15(12-22-6-8-25-9-7-22)16-4-2-3-5-17(16)23/h2-5,10-11,15H,6-9,12-13H2,1H3/t15-/m1/s1. The zero-order valence-corrected chi connectivity index (χ0v) is 15.6. The van der Waals surface area contributed by atoms with Gasteiger partial charge >= 0.3 is 0 Å². The van der Waals surface area contributed by atoms with Crippen molar-refractivity contribution in [1.29, 1.82) is 0 Å². The van der Waals surface area contributed by atoms with Gasteiger partial charge in [-0.15, -0.1) is 0 Å². The van der Waals surface area contributed by atoms with E-state index in [9.17, 15) is 4.79 Å². The summed E-state index contributed by atoms with van der Waals surface area (Å²) in [6.45, 7) is 5.13. The van der Waals surface area contributed by atoms with Gasteiger partial charge in [0.05, 0.1) is 18.8 Å². The van der Waals surface area contributed by atoms with E-state index in [0.29, 0.717) is 23.2 Å². The zero-order chi connectivity index (χ0) is 17.9. The van der Waals surface area contributed by atoms with Crippen molar-refractivity contribution in [2.24, 2.45) is 0 Å². The Balaban J connectivity index is 1.55. The van der Waals surface area contributed by atoms with Crippen molar-refractivity contribution in [1.82, 2.24) is 14.9 Å². The van der Waals surface area contributed by atoms with Gasteiger partial charge in [0.2, 0.25) is 0 Å². The van der Waals surface area contributed by atoms with Crippen LogP contribution in [0.4, 0.5) is 5.69 Å². The molecule has 0 bridgehead atoms. The number of amides is 1. The third kappa shape index (κ3) is 3.47. The minimum Gasteiger partial charge on any atom is -0.379 e. The minimum absolute atomic E-state index is 0.0328. The lowest BCUT2D eigenvalue weighted by molar-refractivity contribution is 0.0356. The van der Waals surface area contributed by atoms with Crippen LogP contribution in [0.15, 0.2) is 41.8 Å². The maximum Gasteiger partial charge on any atom is 0.261 e. The number of aromatic nitrogens is 2. The summed E-state index contributed by atoms with van der Waals surface area (Å²) in [7, 11) is 0. The molecule has 0 N–H and O–H groups in total. The van der Waals surface area contributed by atoms with Gasteiger partial charge in [0.25, 0.3) is 5.91 Å². The predicted molar refractivity (Wildman–Crippen MR) is 102 cm³/mol. The molecule has 6 nitrogen and oxygen atoms in total. The molecule has 1 aromatic carbocycles. The van der Waals surface area contributed by atoms with Gasteiger partial charge in [-0.2, -0.15) is 0 Å². The summed E-state index contributed by atoms with van der Waals surface area (Å²) in [5.74, 6) is 0.286. The van der Waals surface area contributed by atoms with E-state index in [1.54, 1.807) is 12.4 Å². The molecule has 2 aromatic rings. The molecule has 0 spiro atoms. The summed E-state index contributed by atoms with van der Waals surface area (Å²) >= 11 is 1.47. The Morgan fingerprint density at radius 2 is 1.96 bits per heavy atom. The number of thioether (sulfide) groups is 1. The van der Waals surface area contributed by atoms with Gasteiger partial charge in [-0.1, -0.05) is 30.0 Å². The largest absolute Gasteiger partial charge is 0.379 e. The van der Waals surface area contributed by atoms with Crippen molar-refractivity contribution in [2.45, 2.75) is 11.1 Å². The fourth-order valence-electron chi connectivity index (χ4n) is 3.63. The Morgan fingerprint density at radius 1 is 1.23 bits per heavy atom. The molecule has 1 saturated heterocycles. The Bertz CT molecular complexity index is 777. The molecule has 26 heavy (non-hydrogen) atoms. The van der Waals surface area contributed by atoms with Crippen LogP contribution in [-0.4, -0.2) is 66.4 Å². The third-order valence-electron chi connectivity index (χ3n) is 4.96. The quantitative estimate of drug-likeness (QED) is 0.608. The number of rotatable bonds is 4. The lowest BCUT2D eigenvalue weighted by Crippen LogP contribution is -2.40. The number of morpholine rings is 1. The fourth-order valence-corrected chi connectivity index (χ4v) is 3.94. The molecule has 0 saturated carbocycles. The maximum atomic E-state index is 13.1. The summed E-state index contributed by atoms with van der Waals surface area (Å²) in [4.78, 5) is 25.8. The monoisotopic (exact) mass is 370 g/mol. The van der Waals surface area contributed by atoms with Gasteiger partial charge in [-0.25, -0.2) is 9.97 Å². The molecule has 0 radical (unpaired) electrons. The molecule has 1 aromatic heterocycles.